The molecule has 0 saturated carbocycles. The molecule has 3 rings (SSSR count). The molecule has 1 spiro atoms. The minimum atomic E-state index is -3.01. The zero-order valence-corrected chi connectivity index (χ0v) is 12.6. The molecule has 1 atom stereocenters. The van der Waals surface area contributed by atoms with E-state index in [-0.39, 0.29) is 11.7 Å². The monoisotopic (exact) mass is 300 g/mol. The topological polar surface area (TPSA) is 72.6 Å². The number of aromatic nitrogens is 1. The molecule has 0 aromatic carbocycles. The third-order valence-electron chi connectivity index (χ3n) is 4.51. The molecule has 2 fully saturated rings. The average Bonchev–Trinajstić information content (AvgIpc) is 2.84. The third-order valence-corrected chi connectivity index (χ3v) is 7.11. The molecule has 2 saturated heterocycles. The second-order valence-electron chi connectivity index (χ2n) is 5.90. The lowest BCUT2D eigenvalue weighted by Crippen LogP contribution is -2.67. The summed E-state index contributed by atoms with van der Waals surface area (Å²) in [6.45, 7) is 4.18. The normalized spacial score (nSPS) is 27.8. The summed E-state index contributed by atoms with van der Waals surface area (Å²) in [6.07, 6.45) is 0.715. The van der Waals surface area contributed by atoms with Crippen molar-refractivity contribution in [3.63, 3.8) is 0 Å². The maximum absolute atomic E-state index is 12.3. The number of nitrogens with zero attached hydrogens (tertiary/aromatic N) is 2. The van der Waals surface area contributed by atoms with Crippen LogP contribution in [0, 0.1) is 12.8 Å². The van der Waals surface area contributed by atoms with Crippen LogP contribution in [-0.2, 0) is 21.1 Å². The van der Waals surface area contributed by atoms with Crippen molar-refractivity contribution < 1.29 is 17.7 Å². The van der Waals surface area contributed by atoms with Gasteiger partial charge in [0.05, 0.1) is 18.1 Å². The van der Waals surface area contributed by atoms with E-state index in [4.69, 9.17) is 9.26 Å². The van der Waals surface area contributed by atoms with Gasteiger partial charge in [0.15, 0.2) is 9.84 Å². The van der Waals surface area contributed by atoms with E-state index in [1.807, 2.05) is 13.0 Å². The van der Waals surface area contributed by atoms with Crippen LogP contribution in [0.5, 0.6) is 0 Å². The summed E-state index contributed by atoms with van der Waals surface area (Å²) >= 11 is 0. The van der Waals surface area contributed by atoms with Crippen molar-refractivity contribution in [2.75, 3.05) is 32.6 Å². The first-order chi connectivity index (χ1) is 9.47. The molecular formula is C13H20N2O4S. The van der Waals surface area contributed by atoms with E-state index in [0.717, 1.165) is 11.5 Å². The lowest BCUT2D eigenvalue weighted by molar-refractivity contribution is 0.0399. The van der Waals surface area contributed by atoms with Gasteiger partial charge in [-0.3, -0.25) is 4.90 Å². The number of hydrogen-bond acceptors (Lipinski definition) is 6. The molecule has 1 unspecified atom stereocenters. The number of hydrogen-bond donors (Lipinski definition) is 0. The van der Waals surface area contributed by atoms with E-state index < -0.39 is 14.6 Å². The van der Waals surface area contributed by atoms with Crippen molar-refractivity contribution in [1.29, 1.82) is 0 Å². The first-order valence-electron chi connectivity index (χ1n) is 6.83. The van der Waals surface area contributed by atoms with Crippen LogP contribution >= 0.6 is 0 Å². The Balaban J connectivity index is 1.69. The van der Waals surface area contributed by atoms with E-state index in [0.29, 0.717) is 32.7 Å². The second kappa shape index (κ2) is 4.82. The molecule has 2 aliphatic heterocycles. The molecule has 0 amide bonds. The van der Waals surface area contributed by atoms with Gasteiger partial charge >= 0.3 is 0 Å². The SMILES string of the molecule is COCC1CCS(=O)(=O)C12CN(Cc1cc(C)on1)C2. The standard InChI is InChI=1S/C13H20N2O4S/c1-10-5-12(14-19-10)6-15-8-13(9-15)11(7-18-2)3-4-20(13,16)17/h5,11H,3-4,6-9H2,1-2H3. The summed E-state index contributed by atoms with van der Waals surface area (Å²) in [6, 6.07) is 1.89. The smallest absolute Gasteiger partial charge is 0.158 e. The molecule has 1 aromatic rings. The van der Waals surface area contributed by atoms with Gasteiger partial charge in [0.25, 0.3) is 0 Å². The summed E-state index contributed by atoms with van der Waals surface area (Å²) in [5.74, 6) is 1.19. The predicted molar refractivity (Wildman–Crippen MR) is 73.0 cm³/mol. The molecule has 3 heterocycles. The zero-order valence-electron chi connectivity index (χ0n) is 11.8. The first-order valence-corrected chi connectivity index (χ1v) is 8.48. The van der Waals surface area contributed by atoms with Crippen molar-refractivity contribution in [3.05, 3.63) is 17.5 Å². The quantitative estimate of drug-likeness (QED) is 0.811. The van der Waals surface area contributed by atoms with Gasteiger partial charge in [0, 0.05) is 38.7 Å². The highest BCUT2D eigenvalue weighted by Gasteiger charge is 2.61. The van der Waals surface area contributed by atoms with E-state index in [9.17, 15) is 8.42 Å². The van der Waals surface area contributed by atoms with Crippen LogP contribution < -0.4 is 0 Å². The number of likely N-dealkylation sites (tertiary alicyclic amines) is 1. The Labute approximate surface area is 119 Å². The Morgan fingerprint density at radius 2 is 2.30 bits per heavy atom. The van der Waals surface area contributed by atoms with Gasteiger partial charge in [-0.05, 0) is 13.3 Å². The summed E-state index contributed by atoms with van der Waals surface area (Å²) < 4.78 is 34.3. The van der Waals surface area contributed by atoms with Gasteiger partial charge in [0.2, 0.25) is 0 Å². The Kier molecular flexibility index (Phi) is 3.38. The zero-order chi connectivity index (χ0) is 14.4. The summed E-state index contributed by atoms with van der Waals surface area (Å²) in [5, 5.41) is 3.95. The number of methoxy groups -OCH3 is 1. The van der Waals surface area contributed by atoms with E-state index >= 15 is 0 Å². The molecule has 0 aliphatic carbocycles. The minimum Gasteiger partial charge on any atom is -0.384 e. The van der Waals surface area contributed by atoms with Crippen molar-refractivity contribution in [2.24, 2.45) is 5.92 Å². The van der Waals surface area contributed by atoms with Crippen molar-refractivity contribution in [3.8, 4) is 0 Å². The molecule has 0 bridgehead atoms. The van der Waals surface area contributed by atoms with Gasteiger partial charge in [-0.1, -0.05) is 5.16 Å². The van der Waals surface area contributed by atoms with Crippen LogP contribution in [-0.4, -0.2) is 55.8 Å². The largest absolute Gasteiger partial charge is 0.384 e. The van der Waals surface area contributed by atoms with Crippen molar-refractivity contribution in [2.45, 2.75) is 24.6 Å². The van der Waals surface area contributed by atoms with Gasteiger partial charge in [-0.25, -0.2) is 8.42 Å². The molecule has 7 heteroatoms. The van der Waals surface area contributed by atoms with Crippen LogP contribution in [0.1, 0.15) is 17.9 Å². The fourth-order valence-electron chi connectivity index (χ4n) is 3.45. The van der Waals surface area contributed by atoms with Crippen LogP contribution in [0.2, 0.25) is 0 Å². The Bertz CT molecular complexity index is 589. The fraction of sp³-hybridized carbons (Fsp3) is 0.769. The van der Waals surface area contributed by atoms with Crippen molar-refractivity contribution in [1.82, 2.24) is 10.1 Å². The molecule has 2 aliphatic rings. The van der Waals surface area contributed by atoms with Crippen LogP contribution in [0.15, 0.2) is 10.6 Å². The Morgan fingerprint density at radius 1 is 1.55 bits per heavy atom. The van der Waals surface area contributed by atoms with Gasteiger partial charge < -0.3 is 9.26 Å². The first kappa shape index (κ1) is 14.0. The third kappa shape index (κ3) is 2.08. The Hall–Kier alpha value is -0.920. The molecular weight excluding hydrogens is 280 g/mol. The number of rotatable bonds is 4. The minimum absolute atomic E-state index is 0.118. The predicted octanol–water partition coefficient (Wildman–Crippen LogP) is 0.619. The lowest BCUT2D eigenvalue weighted by atomic mass is 9.83. The van der Waals surface area contributed by atoms with Crippen LogP contribution in [0.4, 0.5) is 0 Å². The van der Waals surface area contributed by atoms with E-state index in [1.165, 1.54) is 0 Å². The Morgan fingerprint density at radius 3 is 2.90 bits per heavy atom. The highest BCUT2D eigenvalue weighted by molar-refractivity contribution is 7.93. The van der Waals surface area contributed by atoms with E-state index in [1.54, 1.807) is 7.11 Å². The summed E-state index contributed by atoms with van der Waals surface area (Å²) in [4.78, 5) is 2.11. The molecule has 0 radical (unpaired) electrons. The fourth-order valence-corrected chi connectivity index (χ4v) is 5.91. The maximum Gasteiger partial charge on any atom is 0.158 e. The highest BCUT2D eigenvalue weighted by atomic mass is 32.2. The summed E-state index contributed by atoms with van der Waals surface area (Å²) in [7, 11) is -1.37. The van der Waals surface area contributed by atoms with Gasteiger partial charge in [0.1, 0.15) is 10.5 Å². The molecule has 0 N–H and O–H groups in total. The van der Waals surface area contributed by atoms with Crippen molar-refractivity contribution >= 4 is 9.84 Å². The average molecular weight is 300 g/mol. The lowest BCUT2D eigenvalue weighted by Gasteiger charge is -2.49. The van der Waals surface area contributed by atoms with Gasteiger partial charge in [-0.15, -0.1) is 0 Å². The molecule has 112 valence electrons. The maximum atomic E-state index is 12.3. The molecule has 6 nitrogen and oxygen atoms in total. The van der Waals surface area contributed by atoms with Crippen LogP contribution in [0.25, 0.3) is 0 Å². The number of ether oxygens (including phenoxy) is 1. The van der Waals surface area contributed by atoms with E-state index in [2.05, 4.69) is 10.1 Å². The summed E-state index contributed by atoms with van der Waals surface area (Å²) in [5.41, 5.74) is 0.857. The number of sulfone groups is 1. The highest BCUT2D eigenvalue weighted by Crippen LogP contribution is 2.45. The molecule has 20 heavy (non-hydrogen) atoms. The van der Waals surface area contributed by atoms with Gasteiger partial charge in [-0.2, -0.15) is 0 Å². The molecule has 1 aromatic heterocycles. The second-order valence-corrected chi connectivity index (χ2v) is 8.35. The number of aryl methyl sites for hydroxylation is 1. The van der Waals surface area contributed by atoms with Crippen LogP contribution in [0.3, 0.4) is 0 Å².